The number of hydrogen-bond donors (Lipinski definition) is 3. The third-order valence-electron chi connectivity index (χ3n) is 8.60. The van der Waals surface area contributed by atoms with Crippen molar-refractivity contribution < 1.29 is 42.3 Å². The summed E-state index contributed by atoms with van der Waals surface area (Å²) >= 11 is 0. The number of nitrogens with one attached hydrogen (secondary N) is 3. The highest BCUT2D eigenvalue weighted by molar-refractivity contribution is 7.66. The van der Waals surface area contributed by atoms with E-state index in [4.69, 9.17) is 18.5 Å². The van der Waals surface area contributed by atoms with Crippen molar-refractivity contribution in [3.05, 3.63) is 102 Å². The molecule has 3 atom stereocenters. The van der Waals surface area contributed by atoms with Crippen molar-refractivity contribution in [3.8, 4) is 17.1 Å². The van der Waals surface area contributed by atoms with Crippen LogP contribution < -0.4 is 26.0 Å². The highest BCUT2D eigenvalue weighted by Gasteiger charge is 2.33. The Kier molecular flexibility index (Phi) is 15.9. The van der Waals surface area contributed by atoms with Gasteiger partial charge in [0.25, 0.3) is 5.91 Å². The summed E-state index contributed by atoms with van der Waals surface area (Å²) in [6, 6.07) is 25.5. The topological polar surface area (TPSA) is 166 Å². The van der Waals surface area contributed by atoms with Crippen molar-refractivity contribution >= 4 is 42.7 Å². The van der Waals surface area contributed by atoms with Gasteiger partial charge in [-0.15, -0.1) is 0 Å². The van der Waals surface area contributed by atoms with Gasteiger partial charge in [-0.25, -0.2) is 4.79 Å². The Morgan fingerprint density at radius 1 is 0.907 bits per heavy atom. The van der Waals surface area contributed by atoms with E-state index in [1.165, 1.54) is 6.07 Å². The first kappa shape index (κ1) is 41.4. The van der Waals surface area contributed by atoms with Gasteiger partial charge >= 0.3 is 6.09 Å². The number of amides is 4. The molecule has 1 heterocycles. The molecule has 4 rings (SSSR count). The molecule has 0 spiro atoms. The number of rotatable bonds is 21. The molecule has 14 heteroatoms. The van der Waals surface area contributed by atoms with E-state index in [1.807, 2.05) is 44.2 Å². The summed E-state index contributed by atoms with van der Waals surface area (Å²) in [4.78, 5) is 56.7. The van der Waals surface area contributed by atoms with Crippen LogP contribution in [0.4, 0.5) is 10.5 Å². The Morgan fingerprint density at radius 3 is 2.30 bits per heavy atom. The molecule has 288 valence electrons. The van der Waals surface area contributed by atoms with E-state index >= 15 is 0 Å². The van der Waals surface area contributed by atoms with Crippen LogP contribution in [0.1, 0.15) is 69.0 Å². The number of hydrogen-bond acceptors (Lipinski definition) is 9. The molecule has 0 bridgehead atoms. The smallest absolute Gasteiger partial charge is 0.436 e. The molecule has 4 aromatic rings. The van der Waals surface area contributed by atoms with Gasteiger partial charge in [0.15, 0.2) is 5.76 Å². The number of furan rings is 1. The quantitative estimate of drug-likeness (QED) is 0.0256. The first-order valence-electron chi connectivity index (χ1n) is 18.1. The number of carbonyl (C=O) groups excluding carboxylic acids is 4. The van der Waals surface area contributed by atoms with Gasteiger partial charge in [-0.1, -0.05) is 81.6 Å². The lowest BCUT2D eigenvalue weighted by Gasteiger charge is -2.31. The molecule has 0 saturated carbocycles. The summed E-state index contributed by atoms with van der Waals surface area (Å²) in [6.45, 7) is 7.52. The number of ether oxygens (including phenoxy) is 1. The number of para-hydroxylation sites is 1. The van der Waals surface area contributed by atoms with Crippen LogP contribution in [-0.2, 0) is 30.1 Å². The summed E-state index contributed by atoms with van der Waals surface area (Å²) in [6.07, 6.45) is 2.74. The number of benzene rings is 3. The minimum atomic E-state index is -3.29. The van der Waals surface area contributed by atoms with Crippen LogP contribution in [0, 0.1) is 5.92 Å². The van der Waals surface area contributed by atoms with Crippen molar-refractivity contribution in [3.63, 3.8) is 0 Å². The van der Waals surface area contributed by atoms with Gasteiger partial charge in [0.05, 0.1) is 31.8 Å². The molecule has 0 saturated heterocycles. The SMILES string of the molecule is CCCCC[C@@H](C(=O)NCNC(=O)c1ccc(-c2cc(OCC)cc(P(C)(=O)OCc3ccccc3)c2)o1)[C@@H](CC)N(C=O)OC(=O)Nc1ccccc1. The third kappa shape index (κ3) is 12.1. The third-order valence-corrected chi connectivity index (χ3v) is 10.4. The monoisotopic (exact) mass is 760 g/mol. The van der Waals surface area contributed by atoms with Crippen LogP contribution in [0.15, 0.2) is 95.4 Å². The van der Waals surface area contributed by atoms with Gasteiger partial charge in [0.1, 0.15) is 11.5 Å². The number of nitrogens with zero attached hydrogens (tertiary/aromatic N) is 1. The average molecular weight is 761 g/mol. The number of hydroxylamine groups is 2. The van der Waals surface area contributed by atoms with Gasteiger partial charge < -0.3 is 29.1 Å². The largest absolute Gasteiger partial charge is 0.494 e. The van der Waals surface area contributed by atoms with Crippen LogP contribution in [0.5, 0.6) is 5.75 Å². The summed E-state index contributed by atoms with van der Waals surface area (Å²) in [5.74, 6) is -0.951. The van der Waals surface area contributed by atoms with E-state index in [9.17, 15) is 23.7 Å². The lowest BCUT2D eigenvalue weighted by molar-refractivity contribution is -0.167. The predicted molar refractivity (Wildman–Crippen MR) is 206 cm³/mol. The molecule has 1 aromatic heterocycles. The molecule has 0 aliphatic carbocycles. The average Bonchev–Trinajstić information content (AvgIpc) is 3.68. The molecule has 0 fully saturated rings. The molecule has 1 unspecified atom stereocenters. The second-order valence-corrected chi connectivity index (χ2v) is 15.0. The predicted octanol–water partition coefficient (Wildman–Crippen LogP) is 7.50. The molecule has 0 aliphatic heterocycles. The second-order valence-electron chi connectivity index (χ2n) is 12.6. The van der Waals surface area contributed by atoms with E-state index in [0.717, 1.165) is 23.5 Å². The minimum Gasteiger partial charge on any atom is -0.494 e. The van der Waals surface area contributed by atoms with Crippen LogP contribution in [0.25, 0.3) is 11.3 Å². The molecule has 0 radical (unpaired) electrons. The Morgan fingerprint density at radius 2 is 1.63 bits per heavy atom. The molecule has 3 aromatic carbocycles. The van der Waals surface area contributed by atoms with Crippen LogP contribution in [-0.4, -0.2) is 55.4 Å². The molecule has 3 N–H and O–H groups in total. The Hall–Kier alpha value is -5.39. The highest BCUT2D eigenvalue weighted by atomic mass is 31.2. The molecule has 13 nitrogen and oxygen atoms in total. The maximum atomic E-state index is 13.7. The maximum Gasteiger partial charge on any atom is 0.436 e. The Balaban J connectivity index is 1.41. The Bertz CT molecular complexity index is 1870. The number of carbonyl (C=O) groups is 4. The lowest BCUT2D eigenvalue weighted by Crippen LogP contribution is -2.49. The summed E-state index contributed by atoms with van der Waals surface area (Å²) in [7, 11) is -3.29. The van der Waals surface area contributed by atoms with Crippen molar-refractivity contribution in [2.24, 2.45) is 5.92 Å². The molecule has 0 aliphatic rings. The van der Waals surface area contributed by atoms with E-state index < -0.39 is 37.2 Å². The van der Waals surface area contributed by atoms with Gasteiger partial charge in [-0.05, 0) is 67.8 Å². The molecular weight excluding hydrogens is 711 g/mol. The second kappa shape index (κ2) is 20.7. The molecule has 4 amide bonds. The number of unbranched alkanes of at least 4 members (excludes halogenated alkanes) is 2. The van der Waals surface area contributed by atoms with Crippen molar-refractivity contribution in [1.82, 2.24) is 15.7 Å². The zero-order valence-electron chi connectivity index (χ0n) is 31.1. The fraction of sp³-hybridized carbons (Fsp3) is 0.350. The summed E-state index contributed by atoms with van der Waals surface area (Å²) in [5, 5.41) is 9.24. The van der Waals surface area contributed by atoms with Gasteiger partial charge in [0, 0.05) is 23.2 Å². The summed E-state index contributed by atoms with van der Waals surface area (Å²) in [5.41, 5.74) is 1.91. The Labute approximate surface area is 316 Å². The zero-order chi connectivity index (χ0) is 38.9. The highest BCUT2D eigenvalue weighted by Crippen LogP contribution is 2.44. The first-order valence-corrected chi connectivity index (χ1v) is 20.1. The van der Waals surface area contributed by atoms with E-state index in [1.54, 1.807) is 68.2 Å². The fourth-order valence-corrected chi connectivity index (χ4v) is 7.06. The maximum absolute atomic E-state index is 13.7. The van der Waals surface area contributed by atoms with Crippen LogP contribution >= 0.6 is 7.37 Å². The standard InChI is InChI=1S/C40H49N4O9P/c1-5-8-11-20-34(35(6-2)44(28-45)53-40(48)43-31-18-14-10-15-19-31)38(46)41-27-42-39(47)37-22-21-36(52-37)30-23-32(50-7-3)25-33(24-30)54(4,49)51-26-29-16-12-9-13-17-29/h9-10,12-19,21-25,28,34-35H,5-8,11,20,26-27H2,1-4H3,(H,41,46)(H,42,47)(H,43,48)/t34-,35-,54?/m1/s1. The van der Waals surface area contributed by atoms with Crippen molar-refractivity contribution in [2.75, 3.05) is 25.3 Å². The van der Waals surface area contributed by atoms with Crippen molar-refractivity contribution in [1.29, 1.82) is 0 Å². The van der Waals surface area contributed by atoms with E-state index in [2.05, 4.69) is 16.0 Å². The number of anilines is 1. The van der Waals surface area contributed by atoms with Gasteiger partial charge in [0.2, 0.25) is 19.7 Å². The lowest BCUT2D eigenvalue weighted by atomic mass is 9.90. The molecular formula is C40H49N4O9P. The summed E-state index contributed by atoms with van der Waals surface area (Å²) < 4.78 is 31.2. The van der Waals surface area contributed by atoms with Crippen LogP contribution in [0.3, 0.4) is 0 Å². The fourth-order valence-electron chi connectivity index (χ4n) is 5.78. The minimum absolute atomic E-state index is 0.0153. The van der Waals surface area contributed by atoms with Gasteiger partial charge in [-0.2, -0.15) is 5.06 Å². The van der Waals surface area contributed by atoms with E-state index in [0.29, 0.717) is 60.3 Å². The zero-order valence-corrected chi connectivity index (χ0v) is 32.0. The van der Waals surface area contributed by atoms with Gasteiger partial charge in [-0.3, -0.25) is 24.3 Å². The van der Waals surface area contributed by atoms with Crippen molar-refractivity contribution in [2.45, 2.75) is 65.5 Å². The normalized spacial score (nSPS) is 13.1. The van der Waals surface area contributed by atoms with E-state index in [-0.39, 0.29) is 19.0 Å². The molecule has 54 heavy (non-hydrogen) atoms. The first-order chi connectivity index (χ1) is 26.1. The van der Waals surface area contributed by atoms with Crippen LogP contribution in [0.2, 0.25) is 0 Å².